The highest BCUT2D eigenvalue weighted by Crippen LogP contribution is 2.33. The molecule has 5 heteroatoms. The van der Waals surface area contributed by atoms with Gasteiger partial charge in [0.2, 0.25) is 11.8 Å². The van der Waals surface area contributed by atoms with E-state index in [1.54, 1.807) is 12.0 Å². The van der Waals surface area contributed by atoms with Gasteiger partial charge in [-0.25, -0.2) is 0 Å². The second-order valence-corrected chi connectivity index (χ2v) is 8.70. The van der Waals surface area contributed by atoms with Gasteiger partial charge in [-0.1, -0.05) is 20.8 Å². The van der Waals surface area contributed by atoms with E-state index in [-0.39, 0.29) is 23.1 Å². The molecule has 0 spiro atoms. The second-order valence-electron chi connectivity index (χ2n) is 8.70. The van der Waals surface area contributed by atoms with Crippen LogP contribution in [0.4, 0.5) is 5.69 Å². The minimum Gasteiger partial charge on any atom is -0.497 e. The van der Waals surface area contributed by atoms with E-state index in [2.05, 4.69) is 20.8 Å². The van der Waals surface area contributed by atoms with Gasteiger partial charge in [-0.2, -0.15) is 0 Å². The third-order valence-electron chi connectivity index (χ3n) is 5.37. The SMILES string of the molecule is COc1ccc(N2CC(C(=O)N3CCCC3CC(C)(C)C)CC2=O)cc1. The summed E-state index contributed by atoms with van der Waals surface area (Å²) in [5.41, 5.74) is 1.03. The molecular weight excluding hydrogens is 328 g/mol. The molecule has 0 aliphatic carbocycles. The van der Waals surface area contributed by atoms with Gasteiger partial charge in [0, 0.05) is 31.2 Å². The molecule has 2 aliphatic heterocycles. The van der Waals surface area contributed by atoms with E-state index in [0.717, 1.165) is 37.2 Å². The molecule has 1 aromatic rings. The average Bonchev–Trinajstić information content (AvgIpc) is 3.19. The summed E-state index contributed by atoms with van der Waals surface area (Å²) in [7, 11) is 1.62. The van der Waals surface area contributed by atoms with Gasteiger partial charge in [-0.05, 0) is 48.9 Å². The number of carbonyl (C=O) groups excluding carboxylic acids is 2. The Kier molecular flexibility index (Phi) is 5.26. The Morgan fingerprint density at radius 1 is 1.23 bits per heavy atom. The van der Waals surface area contributed by atoms with E-state index in [0.29, 0.717) is 19.0 Å². The number of methoxy groups -OCH3 is 1. The van der Waals surface area contributed by atoms with Crippen LogP contribution in [-0.4, -0.2) is 43.0 Å². The molecule has 0 N–H and O–H groups in total. The largest absolute Gasteiger partial charge is 0.497 e. The van der Waals surface area contributed by atoms with Gasteiger partial charge in [0.25, 0.3) is 0 Å². The Hall–Kier alpha value is -2.04. The van der Waals surface area contributed by atoms with Gasteiger partial charge in [0.1, 0.15) is 5.75 Å². The van der Waals surface area contributed by atoms with Crippen LogP contribution in [0.2, 0.25) is 0 Å². The maximum Gasteiger partial charge on any atom is 0.228 e. The number of anilines is 1. The van der Waals surface area contributed by atoms with Gasteiger partial charge >= 0.3 is 0 Å². The Morgan fingerprint density at radius 3 is 2.54 bits per heavy atom. The molecule has 142 valence electrons. The van der Waals surface area contributed by atoms with Crippen molar-refractivity contribution < 1.29 is 14.3 Å². The van der Waals surface area contributed by atoms with Crippen LogP contribution in [0.25, 0.3) is 0 Å². The molecule has 2 saturated heterocycles. The highest BCUT2D eigenvalue weighted by molar-refractivity contribution is 6.00. The van der Waals surface area contributed by atoms with Crippen LogP contribution in [-0.2, 0) is 9.59 Å². The molecule has 2 aliphatic rings. The van der Waals surface area contributed by atoms with Crippen molar-refractivity contribution in [1.82, 2.24) is 4.90 Å². The Morgan fingerprint density at radius 2 is 1.92 bits per heavy atom. The number of likely N-dealkylation sites (tertiary alicyclic amines) is 1. The first-order valence-corrected chi connectivity index (χ1v) is 9.53. The molecule has 3 rings (SSSR count). The molecule has 1 aromatic carbocycles. The van der Waals surface area contributed by atoms with Crippen molar-refractivity contribution in [2.24, 2.45) is 11.3 Å². The van der Waals surface area contributed by atoms with Crippen LogP contribution in [0.15, 0.2) is 24.3 Å². The fraction of sp³-hybridized carbons (Fsp3) is 0.619. The lowest BCUT2D eigenvalue weighted by atomic mass is 9.87. The minimum absolute atomic E-state index is 0.0279. The van der Waals surface area contributed by atoms with Crippen LogP contribution < -0.4 is 9.64 Å². The number of amides is 2. The summed E-state index contributed by atoms with van der Waals surface area (Å²) in [5, 5.41) is 0. The molecule has 2 heterocycles. The molecule has 26 heavy (non-hydrogen) atoms. The summed E-state index contributed by atoms with van der Waals surface area (Å²) in [6, 6.07) is 7.76. The van der Waals surface area contributed by atoms with Crippen molar-refractivity contribution in [3.63, 3.8) is 0 Å². The number of nitrogens with zero attached hydrogens (tertiary/aromatic N) is 2. The summed E-state index contributed by atoms with van der Waals surface area (Å²) in [6.45, 7) is 7.96. The number of carbonyl (C=O) groups is 2. The van der Waals surface area contributed by atoms with Gasteiger partial charge in [0.15, 0.2) is 0 Å². The minimum atomic E-state index is -0.231. The quantitative estimate of drug-likeness (QED) is 0.828. The Balaban J connectivity index is 1.68. The monoisotopic (exact) mass is 358 g/mol. The molecule has 5 nitrogen and oxygen atoms in total. The molecule has 0 radical (unpaired) electrons. The van der Waals surface area contributed by atoms with Crippen molar-refractivity contribution in [2.45, 2.75) is 52.5 Å². The highest BCUT2D eigenvalue weighted by atomic mass is 16.5. The van der Waals surface area contributed by atoms with E-state index in [4.69, 9.17) is 4.74 Å². The number of ether oxygens (including phenoxy) is 1. The van der Waals surface area contributed by atoms with E-state index < -0.39 is 0 Å². The summed E-state index contributed by atoms with van der Waals surface area (Å²) in [5.74, 6) is 0.710. The third kappa shape index (κ3) is 4.02. The summed E-state index contributed by atoms with van der Waals surface area (Å²) in [6.07, 6.45) is 3.46. The molecule has 2 fully saturated rings. The van der Waals surface area contributed by atoms with Crippen molar-refractivity contribution in [1.29, 1.82) is 0 Å². The molecule has 2 atom stereocenters. The van der Waals surface area contributed by atoms with E-state index in [1.165, 1.54) is 0 Å². The van der Waals surface area contributed by atoms with E-state index in [1.807, 2.05) is 29.2 Å². The predicted octanol–water partition coefficient (Wildman–Crippen LogP) is 3.48. The van der Waals surface area contributed by atoms with E-state index in [9.17, 15) is 9.59 Å². The second kappa shape index (κ2) is 7.29. The Bertz CT molecular complexity index is 663. The topological polar surface area (TPSA) is 49.9 Å². The van der Waals surface area contributed by atoms with Crippen molar-refractivity contribution in [3.8, 4) is 5.75 Å². The van der Waals surface area contributed by atoms with Gasteiger partial charge < -0.3 is 14.5 Å². The molecule has 0 saturated carbocycles. The standard InChI is InChI=1S/C21H30N2O3/c1-21(2,3)13-17-6-5-11-22(17)20(25)15-12-19(24)23(14-15)16-7-9-18(26-4)10-8-16/h7-10,15,17H,5-6,11-14H2,1-4H3. The number of hydrogen-bond acceptors (Lipinski definition) is 3. The first-order chi connectivity index (χ1) is 12.3. The molecule has 2 amide bonds. The van der Waals surface area contributed by atoms with Gasteiger partial charge in [0.05, 0.1) is 13.0 Å². The molecule has 0 aromatic heterocycles. The third-order valence-corrected chi connectivity index (χ3v) is 5.37. The zero-order valence-electron chi connectivity index (χ0n) is 16.3. The normalized spacial score (nSPS) is 23.6. The number of hydrogen-bond donors (Lipinski definition) is 0. The lowest BCUT2D eigenvalue weighted by molar-refractivity contribution is -0.137. The molecule has 0 bridgehead atoms. The number of benzene rings is 1. The fourth-order valence-corrected chi connectivity index (χ4v) is 4.16. The highest BCUT2D eigenvalue weighted by Gasteiger charge is 2.40. The van der Waals surface area contributed by atoms with Crippen LogP contribution in [0, 0.1) is 11.3 Å². The Labute approximate surface area is 156 Å². The lowest BCUT2D eigenvalue weighted by Crippen LogP contribution is -2.42. The summed E-state index contributed by atoms with van der Waals surface area (Å²) in [4.78, 5) is 29.4. The van der Waals surface area contributed by atoms with Crippen LogP contribution in [0.1, 0.15) is 46.5 Å². The average molecular weight is 358 g/mol. The fourth-order valence-electron chi connectivity index (χ4n) is 4.16. The maximum atomic E-state index is 13.1. The summed E-state index contributed by atoms with van der Waals surface area (Å²) < 4.78 is 5.17. The first-order valence-electron chi connectivity index (χ1n) is 9.53. The van der Waals surface area contributed by atoms with Gasteiger partial charge in [-0.15, -0.1) is 0 Å². The molecular formula is C21H30N2O3. The smallest absolute Gasteiger partial charge is 0.228 e. The first kappa shape index (κ1) is 18.7. The van der Waals surface area contributed by atoms with Crippen LogP contribution in [0.5, 0.6) is 5.75 Å². The summed E-state index contributed by atoms with van der Waals surface area (Å²) >= 11 is 0. The maximum absolute atomic E-state index is 13.1. The lowest BCUT2D eigenvalue weighted by Gasteiger charge is -2.32. The van der Waals surface area contributed by atoms with Crippen molar-refractivity contribution in [3.05, 3.63) is 24.3 Å². The predicted molar refractivity (Wildman–Crippen MR) is 102 cm³/mol. The van der Waals surface area contributed by atoms with Crippen molar-refractivity contribution in [2.75, 3.05) is 25.1 Å². The van der Waals surface area contributed by atoms with Crippen molar-refractivity contribution >= 4 is 17.5 Å². The van der Waals surface area contributed by atoms with Crippen LogP contribution in [0.3, 0.4) is 0 Å². The molecule has 2 unspecified atom stereocenters. The zero-order chi connectivity index (χ0) is 18.9. The number of rotatable bonds is 4. The van der Waals surface area contributed by atoms with E-state index >= 15 is 0 Å². The van der Waals surface area contributed by atoms with Gasteiger partial charge in [-0.3, -0.25) is 9.59 Å². The zero-order valence-corrected chi connectivity index (χ0v) is 16.3. The van der Waals surface area contributed by atoms with Crippen LogP contribution >= 0.6 is 0 Å².